The van der Waals surface area contributed by atoms with E-state index in [-0.39, 0.29) is 5.91 Å². The first kappa shape index (κ1) is 11.1. The lowest BCUT2D eigenvalue weighted by atomic mass is 10.3. The summed E-state index contributed by atoms with van der Waals surface area (Å²) in [5.74, 6) is -0.193. The van der Waals surface area contributed by atoms with E-state index >= 15 is 0 Å². The molecule has 1 aromatic heterocycles. The summed E-state index contributed by atoms with van der Waals surface area (Å²) >= 11 is 3.23. The highest BCUT2D eigenvalue weighted by Gasteiger charge is 2.12. The number of hydrogen-bond acceptors (Lipinski definition) is 3. The Labute approximate surface area is 90.8 Å². The molecule has 0 saturated carbocycles. The summed E-state index contributed by atoms with van der Waals surface area (Å²) in [6.45, 7) is 1.68. The third-order valence-corrected chi connectivity index (χ3v) is 2.37. The van der Waals surface area contributed by atoms with Gasteiger partial charge in [-0.05, 0) is 35.0 Å². The van der Waals surface area contributed by atoms with Gasteiger partial charge in [-0.2, -0.15) is 0 Å². The Hall–Kier alpha value is -0.940. The van der Waals surface area contributed by atoms with Crippen LogP contribution < -0.4 is 5.32 Å². The number of anilines is 1. The van der Waals surface area contributed by atoms with Crippen molar-refractivity contribution in [3.63, 3.8) is 0 Å². The van der Waals surface area contributed by atoms with E-state index in [4.69, 9.17) is 4.74 Å². The quantitative estimate of drug-likeness (QED) is 0.842. The number of carbonyl (C=O) groups is 1. The Bertz CT molecular complexity index is 330. The maximum atomic E-state index is 11.4. The van der Waals surface area contributed by atoms with Crippen LogP contribution in [0.15, 0.2) is 22.9 Å². The molecule has 1 aromatic rings. The van der Waals surface area contributed by atoms with Gasteiger partial charge >= 0.3 is 0 Å². The smallest absolute Gasteiger partial charge is 0.253 e. The fourth-order valence-electron chi connectivity index (χ4n) is 0.821. The van der Waals surface area contributed by atoms with Crippen molar-refractivity contribution in [3.8, 4) is 0 Å². The highest BCUT2D eigenvalue weighted by molar-refractivity contribution is 9.10. The van der Waals surface area contributed by atoms with Gasteiger partial charge in [0.05, 0.1) is 5.69 Å². The van der Waals surface area contributed by atoms with Crippen molar-refractivity contribution in [2.45, 2.75) is 13.0 Å². The third kappa shape index (κ3) is 2.78. The van der Waals surface area contributed by atoms with E-state index in [1.165, 1.54) is 7.11 Å². The Morgan fingerprint density at radius 1 is 1.71 bits per heavy atom. The summed E-state index contributed by atoms with van der Waals surface area (Å²) in [7, 11) is 1.49. The molecule has 1 unspecified atom stereocenters. The van der Waals surface area contributed by atoms with Gasteiger partial charge in [-0.3, -0.25) is 4.79 Å². The number of hydrogen-bond donors (Lipinski definition) is 1. The number of aromatic nitrogens is 1. The number of methoxy groups -OCH3 is 1. The van der Waals surface area contributed by atoms with Crippen molar-refractivity contribution < 1.29 is 9.53 Å². The second-order valence-electron chi connectivity index (χ2n) is 2.71. The van der Waals surface area contributed by atoms with E-state index in [0.717, 1.165) is 0 Å². The number of ether oxygens (including phenoxy) is 1. The highest BCUT2D eigenvalue weighted by atomic mass is 79.9. The lowest BCUT2D eigenvalue weighted by Gasteiger charge is -2.10. The van der Waals surface area contributed by atoms with Gasteiger partial charge in [0.1, 0.15) is 10.7 Å². The van der Waals surface area contributed by atoms with Crippen LogP contribution in [0, 0.1) is 0 Å². The van der Waals surface area contributed by atoms with Gasteiger partial charge < -0.3 is 10.1 Å². The predicted molar refractivity (Wildman–Crippen MR) is 57.0 cm³/mol. The first-order chi connectivity index (χ1) is 6.65. The van der Waals surface area contributed by atoms with E-state index in [2.05, 4.69) is 26.2 Å². The Kier molecular flexibility index (Phi) is 4.03. The zero-order chi connectivity index (χ0) is 10.6. The van der Waals surface area contributed by atoms with Gasteiger partial charge in [-0.15, -0.1) is 0 Å². The SMILES string of the molecule is COC(C)C(=O)Nc1cccnc1Br. The van der Waals surface area contributed by atoms with Gasteiger partial charge in [-0.1, -0.05) is 0 Å². The van der Waals surface area contributed by atoms with E-state index in [0.29, 0.717) is 10.3 Å². The fraction of sp³-hybridized carbons (Fsp3) is 0.333. The molecule has 0 bridgehead atoms. The van der Waals surface area contributed by atoms with Crippen molar-refractivity contribution in [2.24, 2.45) is 0 Å². The molecule has 0 radical (unpaired) electrons. The van der Waals surface area contributed by atoms with Crippen LogP contribution in [0.25, 0.3) is 0 Å². The zero-order valence-corrected chi connectivity index (χ0v) is 9.54. The Morgan fingerprint density at radius 2 is 2.43 bits per heavy atom. The zero-order valence-electron chi connectivity index (χ0n) is 7.95. The predicted octanol–water partition coefficient (Wildman–Crippen LogP) is 1.82. The standard InChI is InChI=1S/C9H11BrN2O2/c1-6(14-2)9(13)12-7-4-3-5-11-8(7)10/h3-6H,1-2H3,(H,12,13). The number of carbonyl (C=O) groups excluding carboxylic acids is 1. The van der Waals surface area contributed by atoms with Gasteiger partial charge in [0.15, 0.2) is 0 Å². The van der Waals surface area contributed by atoms with Crippen LogP contribution in [-0.4, -0.2) is 24.1 Å². The third-order valence-electron chi connectivity index (χ3n) is 1.74. The van der Waals surface area contributed by atoms with Crippen LogP contribution in [0.4, 0.5) is 5.69 Å². The minimum absolute atomic E-state index is 0.193. The summed E-state index contributed by atoms with van der Waals surface area (Å²) in [4.78, 5) is 15.4. The summed E-state index contributed by atoms with van der Waals surface area (Å²) < 4.78 is 5.48. The molecule has 0 aromatic carbocycles. The number of nitrogens with one attached hydrogen (secondary N) is 1. The van der Waals surface area contributed by atoms with E-state index in [1.54, 1.807) is 25.3 Å². The normalized spacial score (nSPS) is 12.2. The summed E-state index contributed by atoms with van der Waals surface area (Å²) in [5.41, 5.74) is 0.640. The molecule has 0 aliphatic rings. The monoisotopic (exact) mass is 258 g/mol. The maximum absolute atomic E-state index is 11.4. The van der Waals surface area contributed by atoms with Gasteiger partial charge in [0, 0.05) is 13.3 Å². The first-order valence-corrected chi connectivity index (χ1v) is 4.88. The number of pyridine rings is 1. The van der Waals surface area contributed by atoms with Crippen molar-refractivity contribution >= 4 is 27.5 Å². The van der Waals surface area contributed by atoms with Crippen molar-refractivity contribution in [1.82, 2.24) is 4.98 Å². The Morgan fingerprint density at radius 3 is 3.00 bits per heavy atom. The van der Waals surface area contributed by atoms with Crippen LogP contribution in [0.5, 0.6) is 0 Å². The largest absolute Gasteiger partial charge is 0.372 e. The molecule has 1 rings (SSSR count). The average Bonchev–Trinajstić information content (AvgIpc) is 2.20. The molecular formula is C9H11BrN2O2. The van der Waals surface area contributed by atoms with E-state index in [1.807, 2.05) is 0 Å². The van der Waals surface area contributed by atoms with Crippen LogP contribution >= 0.6 is 15.9 Å². The molecule has 1 atom stereocenters. The van der Waals surface area contributed by atoms with Crippen molar-refractivity contribution in [1.29, 1.82) is 0 Å². The van der Waals surface area contributed by atoms with Crippen LogP contribution in [0.3, 0.4) is 0 Å². The summed E-state index contributed by atoms with van der Waals surface area (Å²) in [6, 6.07) is 3.51. The molecule has 14 heavy (non-hydrogen) atoms. The molecule has 0 fully saturated rings. The lowest BCUT2D eigenvalue weighted by molar-refractivity contribution is -0.124. The number of rotatable bonds is 3. The van der Waals surface area contributed by atoms with E-state index in [9.17, 15) is 4.79 Å². The van der Waals surface area contributed by atoms with E-state index < -0.39 is 6.10 Å². The minimum atomic E-state index is -0.470. The minimum Gasteiger partial charge on any atom is -0.372 e. The average molecular weight is 259 g/mol. The van der Waals surface area contributed by atoms with Gasteiger partial charge in [-0.25, -0.2) is 4.98 Å². The Balaban J connectivity index is 2.70. The second kappa shape index (κ2) is 5.07. The molecule has 0 spiro atoms. The number of halogens is 1. The molecule has 0 aliphatic carbocycles. The molecule has 76 valence electrons. The topological polar surface area (TPSA) is 51.2 Å². The van der Waals surface area contributed by atoms with Crippen LogP contribution in [0.2, 0.25) is 0 Å². The lowest BCUT2D eigenvalue weighted by Crippen LogP contribution is -2.26. The fourth-order valence-corrected chi connectivity index (χ4v) is 1.17. The highest BCUT2D eigenvalue weighted by Crippen LogP contribution is 2.18. The summed E-state index contributed by atoms with van der Waals surface area (Å²) in [5, 5.41) is 2.69. The number of amides is 1. The summed E-state index contributed by atoms with van der Waals surface area (Å²) in [6.07, 6.45) is 1.17. The first-order valence-electron chi connectivity index (χ1n) is 4.09. The molecule has 0 aliphatic heterocycles. The van der Waals surface area contributed by atoms with Crippen LogP contribution in [0.1, 0.15) is 6.92 Å². The molecule has 1 amide bonds. The maximum Gasteiger partial charge on any atom is 0.253 e. The van der Waals surface area contributed by atoms with Gasteiger partial charge in [0.25, 0.3) is 5.91 Å². The molecular weight excluding hydrogens is 248 g/mol. The number of nitrogens with zero attached hydrogens (tertiary/aromatic N) is 1. The van der Waals surface area contributed by atoms with Gasteiger partial charge in [0.2, 0.25) is 0 Å². The molecule has 0 saturated heterocycles. The molecule has 1 N–H and O–H groups in total. The molecule has 4 nitrogen and oxygen atoms in total. The second-order valence-corrected chi connectivity index (χ2v) is 3.46. The molecule has 5 heteroatoms. The van der Waals surface area contributed by atoms with Crippen LogP contribution in [-0.2, 0) is 9.53 Å². The van der Waals surface area contributed by atoms with Crippen molar-refractivity contribution in [2.75, 3.05) is 12.4 Å². The molecule has 1 heterocycles. The van der Waals surface area contributed by atoms with Crippen molar-refractivity contribution in [3.05, 3.63) is 22.9 Å².